The molecule has 20 heavy (non-hydrogen) atoms. The second kappa shape index (κ2) is 7.53. The van der Waals surface area contributed by atoms with Gasteiger partial charge in [-0.25, -0.2) is 4.79 Å². The molecule has 1 aromatic carbocycles. The van der Waals surface area contributed by atoms with E-state index in [2.05, 4.69) is 10.6 Å². The number of hydrogen-bond acceptors (Lipinski definition) is 2. The van der Waals surface area contributed by atoms with Gasteiger partial charge in [0.05, 0.1) is 5.92 Å². The molecule has 0 saturated carbocycles. The lowest BCUT2D eigenvalue weighted by molar-refractivity contribution is -0.141. The largest absolute Gasteiger partial charge is 0.481 e. The molecule has 0 aromatic heterocycles. The highest BCUT2D eigenvalue weighted by molar-refractivity contribution is 5.90. The molecule has 1 aromatic rings. The predicted molar refractivity (Wildman–Crippen MR) is 79.0 cm³/mol. The van der Waals surface area contributed by atoms with Crippen molar-refractivity contribution in [1.29, 1.82) is 0 Å². The molecule has 0 aliphatic rings. The van der Waals surface area contributed by atoms with Crippen LogP contribution in [0.15, 0.2) is 18.2 Å². The quantitative estimate of drug-likeness (QED) is 0.748. The Kier molecular flexibility index (Phi) is 6.03. The van der Waals surface area contributed by atoms with E-state index in [1.807, 2.05) is 39.0 Å². The fourth-order valence-corrected chi connectivity index (χ4v) is 1.91. The standard InChI is InChI=1S/C15H22N2O3/c1-4-5-12(14(18)19)9-16-15(20)17-13-8-10(2)6-7-11(13)3/h6-8,12H,4-5,9H2,1-3H3,(H,18,19)(H2,16,17,20). The summed E-state index contributed by atoms with van der Waals surface area (Å²) in [7, 11) is 0. The van der Waals surface area contributed by atoms with Gasteiger partial charge in [0.2, 0.25) is 0 Å². The number of urea groups is 1. The molecular weight excluding hydrogens is 256 g/mol. The van der Waals surface area contributed by atoms with E-state index in [0.29, 0.717) is 6.42 Å². The molecule has 110 valence electrons. The Morgan fingerprint density at radius 3 is 2.60 bits per heavy atom. The fourth-order valence-electron chi connectivity index (χ4n) is 1.91. The van der Waals surface area contributed by atoms with Gasteiger partial charge in [0.15, 0.2) is 0 Å². The van der Waals surface area contributed by atoms with Crippen LogP contribution >= 0.6 is 0 Å². The number of carboxylic acid groups (broad SMARTS) is 1. The maximum absolute atomic E-state index is 11.8. The number of carbonyl (C=O) groups excluding carboxylic acids is 1. The zero-order chi connectivity index (χ0) is 15.1. The van der Waals surface area contributed by atoms with Crippen molar-refractivity contribution in [3.05, 3.63) is 29.3 Å². The summed E-state index contributed by atoms with van der Waals surface area (Å²) >= 11 is 0. The van der Waals surface area contributed by atoms with Crippen LogP contribution in [0, 0.1) is 19.8 Å². The molecule has 0 fully saturated rings. The minimum atomic E-state index is -0.876. The number of rotatable bonds is 6. The molecule has 1 atom stereocenters. The van der Waals surface area contributed by atoms with E-state index >= 15 is 0 Å². The van der Waals surface area contributed by atoms with Crippen LogP contribution in [0.1, 0.15) is 30.9 Å². The first-order valence-corrected chi connectivity index (χ1v) is 6.79. The molecule has 5 nitrogen and oxygen atoms in total. The Hall–Kier alpha value is -2.04. The lowest BCUT2D eigenvalue weighted by Crippen LogP contribution is -2.35. The monoisotopic (exact) mass is 278 g/mol. The summed E-state index contributed by atoms with van der Waals surface area (Å²) in [4.78, 5) is 22.8. The molecule has 0 saturated heterocycles. The summed E-state index contributed by atoms with van der Waals surface area (Å²) in [5.41, 5.74) is 2.76. The number of hydrogen-bond donors (Lipinski definition) is 3. The first kappa shape index (κ1) is 16.0. The van der Waals surface area contributed by atoms with Crippen molar-refractivity contribution in [2.75, 3.05) is 11.9 Å². The average Bonchev–Trinajstić information content (AvgIpc) is 2.38. The Bertz CT molecular complexity index is 486. The zero-order valence-corrected chi connectivity index (χ0v) is 12.2. The lowest BCUT2D eigenvalue weighted by atomic mass is 10.0. The number of carbonyl (C=O) groups is 2. The third-order valence-corrected chi connectivity index (χ3v) is 3.14. The van der Waals surface area contributed by atoms with Crippen LogP contribution < -0.4 is 10.6 Å². The molecule has 5 heteroatoms. The smallest absolute Gasteiger partial charge is 0.319 e. The highest BCUT2D eigenvalue weighted by Gasteiger charge is 2.17. The Balaban J connectivity index is 2.55. The van der Waals surface area contributed by atoms with Crippen molar-refractivity contribution in [2.45, 2.75) is 33.6 Å². The van der Waals surface area contributed by atoms with Gasteiger partial charge in [-0.05, 0) is 37.5 Å². The summed E-state index contributed by atoms with van der Waals surface area (Å²) in [5.74, 6) is -1.41. The summed E-state index contributed by atoms with van der Waals surface area (Å²) in [5, 5.41) is 14.4. The summed E-state index contributed by atoms with van der Waals surface area (Å²) in [6.07, 6.45) is 1.33. The van der Waals surface area contributed by atoms with Crippen molar-refractivity contribution in [2.24, 2.45) is 5.92 Å². The highest BCUT2D eigenvalue weighted by Crippen LogP contribution is 2.16. The van der Waals surface area contributed by atoms with Crippen molar-refractivity contribution in [3.8, 4) is 0 Å². The topological polar surface area (TPSA) is 78.4 Å². The maximum Gasteiger partial charge on any atom is 0.319 e. The number of aliphatic carboxylic acids is 1. The number of benzene rings is 1. The van der Waals surface area contributed by atoms with Gasteiger partial charge < -0.3 is 15.7 Å². The van der Waals surface area contributed by atoms with Crippen molar-refractivity contribution in [1.82, 2.24) is 5.32 Å². The average molecular weight is 278 g/mol. The van der Waals surface area contributed by atoms with Crippen LogP contribution in [-0.4, -0.2) is 23.7 Å². The second-order valence-corrected chi connectivity index (χ2v) is 4.98. The van der Waals surface area contributed by atoms with Crippen molar-refractivity contribution in [3.63, 3.8) is 0 Å². The number of amides is 2. The molecule has 1 unspecified atom stereocenters. The normalized spacial score (nSPS) is 11.8. The van der Waals surface area contributed by atoms with E-state index in [-0.39, 0.29) is 12.6 Å². The molecule has 0 radical (unpaired) electrons. The predicted octanol–water partition coefficient (Wildman–Crippen LogP) is 2.93. The molecule has 2 amide bonds. The van der Waals surface area contributed by atoms with Gasteiger partial charge in [-0.15, -0.1) is 0 Å². The highest BCUT2D eigenvalue weighted by atomic mass is 16.4. The molecule has 0 aliphatic carbocycles. The third-order valence-electron chi connectivity index (χ3n) is 3.14. The number of anilines is 1. The molecule has 3 N–H and O–H groups in total. The minimum absolute atomic E-state index is 0.139. The van der Waals surface area contributed by atoms with E-state index in [1.54, 1.807) is 0 Å². The van der Waals surface area contributed by atoms with Crippen LogP contribution in [0.4, 0.5) is 10.5 Å². The van der Waals surface area contributed by atoms with Gasteiger partial charge in [-0.1, -0.05) is 25.5 Å². The Labute approximate surface area is 119 Å². The number of carboxylic acids is 1. The minimum Gasteiger partial charge on any atom is -0.481 e. The molecule has 0 aliphatic heterocycles. The van der Waals surface area contributed by atoms with Crippen LogP contribution in [0.25, 0.3) is 0 Å². The van der Waals surface area contributed by atoms with Crippen LogP contribution in [0.2, 0.25) is 0 Å². The summed E-state index contributed by atoms with van der Waals surface area (Å²) in [6, 6.07) is 5.42. The molecular formula is C15H22N2O3. The van der Waals surface area contributed by atoms with Gasteiger partial charge in [-0.2, -0.15) is 0 Å². The molecule has 0 spiro atoms. The van der Waals surface area contributed by atoms with Gasteiger partial charge in [0.1, 0.15) is 0 Å². The summed E-state index contributed by atoms with van der Waals surface area (Å²) in [6.45, 7) is 5.92. The van der Waals surface area contributed by atoms with E-state index in [4.69, 9.17) is 5.11 Å². The zero-order valence-electron chi connectivity index (χ0n) is 12.2. The van der Waals surface area contributed by atoms with Crippen LogP contribution in [0.5, 0.6) is 0 Å². The Morgan fingerprint density at radius 1 is 1.30 bits per heavy atom. The Morgan fingerprint density at radius 2 is 2.00 bits per heavy atom. The first-order chi connectivity index (χ1) is 9.43. The van der Waals surface area contributed by atoms with Crippen LogP contribution in [-0.2, 0) is 4.79 Å². The number of aryl methyl sites for hydroxylation is 2. The lowest BCUT2D eigenvalue weighted by Gasteiger charge is -2.14. The van der Waals surface area contributed by atoms with E-state index in [9.17, 15) is 9.59 Å². The van der Waals surface area contributed by atoms with Crippen LogP contribution in [0.3, 0.4) is 0 Å². The van der Waals surface area contributed by atoms with Gasteiger partial charge in [0, 0.05) is 12.2 Å². The molecule has 1 rings (SSSR count). The molecule has 0 heterocycles. The van der Waals surface area contributed by atoms with Crippen molar-refractivity contribution >= 4 is 17.7 Å². The SMILES string of the molecule is CCCC(CNC(=O)Nc1cc(C)ccc1C)C(=O)O. The second-order valence-electron chi connectivity index (χ2n) is 4.98. The van der Waals surface area contributed by atoms with E-state index < -0.39 is 11.9 Å². The first-order valence-electron chi connectivity index (χ1n) is 6.79. The van der Waals surface area contributed by atoms with Gasteiger partial charge in [-0.3, -0.25) is 4.79 Å². The van der Waals surface area contributed by atoms with E-state index in [0.717, 1.165) is 23.2 Å². The maximum atomic E-state index is 11.8. The number of nitrogens with one attached hydrogen (secondary N) is 2. The van der Waals surface area contributed by atoms with E-state index in [1.165, 1.54) is 0 Å². The molecule has 0 bridgehead atoms. The van der Waals surface area contributed by atoms with Crippen molar-refractivity contribution < 1.29 is 14.7 Å². The summed E-state index contributed by atoms with van der Waals surface area (Å²) < 4.78 is 0. The fraction of sp³-hybridized carbons (Fsp3) is 0.467. The van der Waals surface area contributed by atoms with Gasteiger partial charge >= 0.3 is 12.0 Å². The van der Waals surface area contributed by atoms with Gasteiger partial charge in [0.25, 0.3) is 0 Å². The third kappa shape index (κ3) is 4.91.